The van der Waals surface area contributed by atoms with Crippen LogP contribution in [0.2, 0.25) is 5.15 Å². The van der Waals surface area contributed by atoms with E-state index in [9.17, 15) is 5.11 Å². The zero-order valence-electron chi connectivity index (χ0n) is 12.6. The van der Waals surface area contributed by atoms with Crippen molar-refractivity contribution < 1.29 is 9.52 Å². The fourth-order valence-electron chi connectivity index (χ4n) is 2.34. The van der Waals surface area contributed by atoms with Crippen LogP contribution in [0.3, 0.4) is 0 Å². The van der Waals surface area contributed by atoms with Gasteiger partial charge in [-0.3, -0.25) is 0 Å². The molecular weight excluding hydrogens is 314 g/mol. The van der Waals surface area contributed by atoms with Gasteiger partial charge in [0.25, 0.3) is 0 Å². The standard InChI is InChI=1S/C17H16ClN3O2/c1-12-19-16(18)9-17(20-12)21(11-14-6-4-8-23-14)10-13-5-2-3-7-15(13)22/h2-9,22H,10-11H2,1H3. The van der Waals surface area contributed by atoms with Crippen LogP contribution in [0.5, 0.6) is 5.75 Å². The zero-order valence-corrected chi connectivity index (χ0v) is 13.4. The molecule has 5 nitrogen and oxygen atoms in total. The molecule has 0 aliphatic carbocycles. The highest BCUT2D eigenvalue weighted by Crippen LogP contribution is 2.24. The molecule has 0 radical (unpaired) electrons. The molecule has 1 aromatic carbocycles. The van der Waals surface area contributed by atoms with Crippen molar-refractivity contribution in [2.75, 3.05) is 4.90 Å². The zero-order chi connectivity index (χ0) is 16.2. The number of phenols is 1. The number of rotatable bonds is 5. The molecule has 2 aromatic heterocycles. The Kier molecular flexibility index (Phi) is 4.48. The second-order valence-electron chi connectivity index (χ2n) is 5.16. The molecular formula is C17H16ClN3O2. The molecule has 0 fully saturated rings. The summed E-state index contributed by atoms with van der Waals surface area (Å²) < 4.78 is 5.43. The Balaban J connectivity index is 1.94. The molecule has 0 atom stereocenters. The molecule has 2 heterocycles. The van der Waals surface area contributed by atoms with Crippen molar-refractivity contribution in [1.29, 1.82) is 0 Å². The van der Waals surface area contributed by atoms with Gasteiger partial charge in [-0.2, -0.15) is 0 Å². The number of nitrogens with zero attached hydrogens (tertiary/aromatic N) is 3. The molecule has 0 aliphatic heterocycles. The van der Waals surface area contributed by atoms with Gasteiger partial charge in [-0.05, 0) is 25.1 Å². The first-order valence-electron chi connectivity index (χ1n) is 7.17. The fourth-order valence-corrected chi connectivity index (χ4v) is 2.56. The maximum atomic E-state index is 10.0. The minimum Gasteiger partial charge on any atom is -0.508 e. The van der Waals surface area contributed by atoms with Gasteiger partial charge in [-0.1, -0.05) is 29.8 Å². The summed E-state index contributed by atoms with van der Waals surface area (Å²) in [6.45, 7) is 2.77. The number of benzene rings is 1. The third kappa shape index (κ3) is 3.81. The third-order valence-corrected chi connectivity index (χ3v) is 3.59. The number of phenolic OH excluding ortho intramolecular Hbond substituents is 1. The van der Waals surface area contributed by atoms with Crippen molar-refractivity contribution in [3.05, 3.63) is 71.0 Å². The summed E-state index contributed by atoms with van der Waals surface area (Å²) in [5, 5.41) is 10.4. The Morgan fingerprint density at radius 2 is 1.96 bits per heavy atom. The largest absolute Gasteiger partial charge is 0.508 e. The first kappa shape index (κ1) is 15.4. The van der Waals surface area contributed by atoms with Crippen molar-refractivity contribution in [2.24, 2.45) is 0 Å². The number of furan rings is 1. The van der Waals surface area contributed by atoms with Gasteiger partial charge in [0.05, 0.1) is 12.8 Å². The monoisotopic (exact) mass is 329 g/mol. The van der Waals surface area contributed by atoms with Crippen molar-refractivity contribution in [2.45, 2.75) is 20.0 Å². The van der Waals surface area contributed by atoms with Crippen LogP contribution in [-0.2, 0) is 13.1 Å². The molecule has 23 heavy (non-hydrogen) atoms. The Bertz CT molecular complexity index is 770. The van der Waals surface area contributed by atoms with E-state index in [2.05, 4.69) is 9.97 Å². The van der Waals surface area contributed by atoms with E-state index in [0.717, 1.165) is 11.3 Å². The van der Waals surface area contributed by atoms with E-state index >= 15 is 0 Å². The summed E-state index contributed by atoms with van der Waals surface area (Å²) in [4.78, 5) is 10.5. The van der Waals surface area contributed by atoms with Gasteiger partial charge >= 0.3 is 0 Å². The lowest BCUT2D eigenvalue weighted by atomic mass is 10.2. The van der Waals surface area contributed by atoms with Crippen LogP contribution in [-0.4, -0.2) is 15.1 Å². The summed E-state index contributed by atoms with van der Waals surface area (Å²) >= 11 is 6.06. The lowest BCUT2D eigenvalue weighted by Gasteiger charge is -2.23. The minimum atomic E-state index is 0.244. The average molecular weight is 330 g/mol. The predicted octanol–water partition coefficient (Wildman–Crippen LogP) is 3.94. The molecule has 0 saturated heterocycles. The van der Waals surface area contributed by atoms with Crippen molar-refractivity contribution >= 4 is 17.4 Å². The quantitative estimate of drug-likeness (QED) is 0.718. The van der Waals surface area contributed by atoms with Crippen LogP contribution < -0.4 is 4.90 Å². The SMILES string of the molecule is Cc1nc(Cl)cc(N(Cc2ccco2)Cc2ccccc2O)n1. The molecule has 0 amide bonds. The first-order chi connectivity index (χ1) is 11.1. The predicted molar refractivity (Wildman–Crippen MR) is 88.5 cm³/mol. The summed E-state index contributed by atoms with van der Waals surface area (Å²) in [6, 6.07) is 12.7. The van der Waals surface area contributed by atoms with E-state index in [0.29, 0.717) is 29.9 Å². The number of hydrogen-bond acceptors (Lipinski definition) is 5. The summed E-state index contributed by atoms with van der Waals surface area (Å²) in [5.74, 6) is 2.32. The van der Waals surface area contributed by atoms with Gasteiger partial charge in [0.1, 0.15) is 28.3 Å². The summed E-state index contributed by atoms with van der Waals surface area (Å²) in [6.07, 6.45) is 1.63. The van der Waals surface area contributed by atoms with E-state index in [1.807, 2.05) is 29.2 Å². The van der Waals surface area contributed by atoms with Gasteiger partial charge < -0.3 is 14.4 Å². The Hall–Kier alpha value is -2.53. The number of halogens is 1. The maximum Gasteiger partial charge on any atom is 0.134 e. The molecule has 0 saturated carbocycles. The van der Waals surface area contributed by atoms with Gasteiger partial charge in [-0.25, -0.2) is 9.97 Å². The number of para-hydroxylation sites is 1. The first-order valence-corrected chi connectivity index (χ1v) is 7.55. The van der Waals surface area contributed by atoms with Crippen LogP contribution in [0.4, 0.5) is 5.82 Å². The van der Waals surface area contributed by atoms with E-state index in [-0.39, 0.29) is 5.75 Å². The summed E-state index contributed by atoms with van der Waals surface area (Å²) in [7, 11) is 0. The minimum absolute atomic E-state index is 0.244. The van der Waals surface area contributed by atoms with E-state index in [1.54, 1.807) is 31.4 Å². The van der Waals surface area contributed by atoms with Crippen LogP contribution in [0.1, 0.15) is 17.1 Å². The van der Waals surface area contributed by atoms with E-state index in [4.69, 9.17) is 16.0 Å². The smallest absolute Gasteiger partial charge is 0.134 e. The van der Waals surface area contributed by atoms with Crippen LogP contribution >= 0.6 is 11.6 Å². The van der Waals surface area contributed by atoms with Crippen molar-refractivity contribution in [3.63, 3.8) is 0 Å². The number of hydrogen-bond donors (Lipinski definition) is 1. The molecule has 1 N–H and O–H groups in total. The van der Waals surface area contributed by atoms with Crippen LogP contribution in [0.25, 0.3) is 0 Å². The third-order valence-electron chi connectivity index (χ3n) is 3.40. The van der Waals surface area contributed by atoms with Gasteiger partial charge in [-0.15, -0.1) is 0 Å². The molecule has 0 spiro atoms. The highest BCUT2D eigenvalue weighted by molar-refractivity contribution is 6.29. The molecule has 3 aromatic rings. The Morgan fingerprint density at radius 3 is 2.65 bits per heavy atom. The summed E-state index contributed by atoms with van der Waals surface area (Å²) in [5.41, 5.74) is 0.798. The number of anilines is 1. The van der Waals surface area contributed by atoms with Gasteiger partial charge in [0.2, 0.25) is 0 Å². The highest BCUT2D eigenvalue weighted by Gasteiger charge is 2.15. The number of aryl methyl sites for hydroxylation is 1. The highest BCUT2D eigenvalue weighted by atomic mass is 35.5. The molecule has 3 rings (SSSR count). The molecule has 0 aliphatic rings. The fraction of sp³-hybridized carbons (Fsp3) is 0.176. The van der Waals surface area contributed by atoms with Gasteiger partial charge in [0.15, 0.2) is 0 Å². The molecule has 6 heteroatoms. The lowest BCUT2D eigenvalue weighted by molar-refractivity contribution is 0.464. The second-order valence-corrected chi connectivity index (χ2v) is 5.55. The Morgan fingerprint density at radius 1 is 1.13 bits per heavy atom. The molecule has 0 unspecified atom stereocenters. The van der Waals surface area contributed by atoms with Crippen LogP contribution in [0, 0.1) is 6.92 Å². The van der Waals surface area contributed by atoms with E-state index in [1.165, 1.54) is 0 Å². The second kappa shape index (κ2) is 6.71. The van der Waals surface area contributed by atoms with Crippen molar-refractivity contribution in [3.8, 4) is 5.75 Å². The van der Waals surface area contributed by atoms with Gasteiger partial charge in [0, 0.05) is 18.2 Å². The van der Waals surface area contributed by atoms with Crippen LogP contribution in [0.15, 0.2) is 53.1 Å². The number of aromatic hydroxyl groups is 1. The van der Waals surface area contributed by atoms with E-state index < -0.39 is 0 Å². The van der Waals surface area contributed by atoms with Crippen molar-refractivity contribution in [1.82, 2.24) is 9.97 Å². The topological polar surface area (TPSA) is 62.4 Å². The number of aromatic nitrogens is 2. The average Bonchev–Trinajstić information content (AvgIpc) is 3.01. The lowest BCUT2D eigenvalue weighted by Crippen LogP contribution is -2.23. The maximum absolute atomic E-state index is 10.0. The Labute approximate surface area is 139 Å². The normalized spacial score (nSPS) is 10.7. The molecule has 0 bridgehead atoms. The molecule has 118 valence electrons.